The highest BCUT2D eigenvalue weighted by atomic mass is 16.5. The molecule has 2 aromatic heterocycles. The smallest absolute Gasteiger partial charge is 0.343 e. The molecule has 1 saturated carbocycles. The van der Waals surface area contributed by atoms with Crippen molar-refractivity contribution in [3.63, 3.8) is 0 Å². The van der Waals surface area contributed by atoms with E-state index < -0.39 is 5.97 Å². The maximum absolute atomic E-state index is 12.5. The van der Waals surface area contributed by atoms with E-state index in [1.807, 2.05) is 43.4 Å². The number of ether oxygens (including phenoxy) is 1. The quantitative estimate of drug-likeness (QED) is 0.356. The molecule has 162 valence electrons. The summed E-state index contributed by atoms with van der Waals surface area (Å²) in [5.74, 6) is 1.20. The van der Waals surface area contributed by atoms with E-state index in [0.29, 0.717) is 29.1 Å². The summed E-state index contributed by atoms with van der Waals surface area (Å²) >= 11 is 0. The van der Waals surface area contributed by atoms with Gasteiger partial charge in [-0.1, -0.05) is 30.3 Å². The summed E-state index contributed by atoms with van der Waals surface area (Å²) < 4.78 is 7.84. The number of carbonyl (C=O) groups is 1. The van der Waals surface area contributed by atoms with Gasteiger partial charge < -0.3 is 20.4 Å². The molecule has 2 aromatic carbocycles. The summed E-state index contributed by atoms with van der Waals surface area (Å²) in [6.45, 7) is 1.02. The number of benzene rings is 2. The molecule has 0 spiro atoms. The van der Waals surface area contributed by atoms with Crippen LogP contribution in [0, 0.1) is 5.92 Å². The lowest BCUT2D eigenvalue weighted by Gasteiger charge is -2.36. The fourth-order valence-electron chi connectivity index (χ4n) is 4.46. The number of aromatic nitrogens is 3. The maximum atomic E-state index is 12.5. The van der Waals surface area contributed by atoms with Gasteiger partial charge in [0.25, 0.3) is 0 Å². The zero-order chi connectivity index (χ0) is 22.1. The molecule has 4 aromatic rings. The Bertz CT molecular complexity index is 1260. The van der Waals surface area contributed by atoms with E-state index in [2.05, 4.69) is 26.0 Å². The second-order valence-corrected chi connectivity index (χ2v) is 8.24. The first-order valence-electron chi connectivity index (χ1n) is 10.8. The highest BCUT2D eigenvalue weighted by Gasteiger charge is 2.32. The van der Waals surface area contributed by atoms with Gasteiger partial charge in [0.05, 0.1) is 10.9 Å². The summed E-state index contributed by atoms with van der Waals surface area (Å²) in [7, 11) is 1.99. The van der Waals surface area contributed by atoms with E-state index in [1.165, 1.54) is 6.33 Å². The Morgan fingerprint density at radius 1 is 1.16 bits per heavy atom. The van der Waals surface area contributed by atoms with Crippen LogP contribution in [0.1, 0.15) is 29.2 Å². The van der Waals surface area contributed by atoms with Crippen molar-refractivity contribution in [3.05, 3.63) is 72.7 Å². The fourth-order valence-corrected chi connectivity index (χ4v) is 4.46. The van der Waals surface area contributed by atoms with Crippen molar-refractivity contribution in [2.45, 2.75) is 18.9 Å². The third-order valence-corrected chi connectivity index (χ3v) is 6.10. The zero-order valence-electron chi connectivity index (χ0n) is 17.9. The third kappa shape index (κ3) is 3.71. The molecule has 7 nitrogen and oxygen atoms in total. The van der Waals surface area contributed by atoms with Gasteiger partial charge in [-0.3, -0.25) is 0 Å². The van der Waals surface area contributed by atoms with Crippen molar-refractivity contribution in [3.8, 4) is 16.9 Å². The Kier molecular flexibility index (Phi) is 5.33. The first-order valence-corrected chi connectivity index (χ1v) is 10.8. The Labute approximate surface area is 186 Å². The molecule has 0 bridgehead atoms. The van der Waals surface area contributed by atoms with Crippen LogP contribution in [0.4, 0.5) is 5.82 Å². The summed E-state index contributed by atoms with van der Waals surface area (Å²) in [4.78, 5) is 21.2. The van der Waals surface area contributed by atoms with E-state index in [1.54, 1.807) is 18.2 Å². The standard InChI is InChI=1S/C25H25N5O2/c1-27-13-16-10-19(11-16)30-14-21(22-23(26)28-15-29-24(22)30)18-8-5-9-20(12-18)32-25(31)17-6-3-2-4-7-17/h2-9,12,14-16,19,27H,10-11,13H2,1H3,(H2,26,28,29). The van der Waals surface area contributed by atoms with Gasteiger partial charge in [-0.2, -0.15) is 0 Å². The highest BCUT2D eigenvalue weighted by molar-refractivity contribution is 6.01. The molecule has 0 aliphatic heterocycles. The molecule has 7 heteroatoms. The number of hydrogen-bond donors (Lipinski definition) is 2. The van der Waals surface area contributed by atoms with Gasteiger partial charge in [0, 0.05) is 17.8 Å². The van der Waals surface area contributed by atoms with Crippen LogP contribution in [0.3, 0.4) is 0 Å². The molecule has 0 atom stereocenters. The molecule has 2 heterocycles. The van der Waals surface area contributed by atoms with E-state index in [0.717, 1.165) is 41.5 Å². The van der Waals surface area contributed by atoms with Crippen molar-refractivity contribution in [1.82, 2.24) is 19.9 Å². The summed E-state index contributed by atoms with van der Waals surface area (Å²) in [6, 6.07) is 16.8. The molecule has 0 radical (unpaired) electrons. The number of anilines is 1. The van der Waals surface area contributed by atoms with Gasteiger partial charge >= 0.3 is 5.97 Å². The Balaban J connectivity index is 1.48. The van der Waals surface area contributed by atoms with Crippen LogP contribution in [0.25, 0.3) is 22.2 Å². The van der Waals surface area contributed by atoms with Gasteiger partial charge in [-0.25, -0.2) is 14.8 Å². The van der Waals surface area contributed by atoms with Crippen LogP contribution < -0.4 is 15.8 Å². The number of esters is 1. The Morgan fingerprint density at radius 3 is 2.75 bits per heavy atom. The molecule has 0 saturated heterocycles. The molecule has 0 amide bonds. The molecule has 1 aliphatic carbocycles. The average Bonchev–Trinajstić information content (AvgIpc) is 3.17. The summed E-state index contributed by atoms with van der Waals surface area (Å²) in [5.41, 5.74) is 9.47. The molecule has 3 N–H and O–H groups in total. The predicted octanol–water partition coefficient (Wildman–Crippen LogP) is 4.07. The highest BCUT2D eigenvalue weighted by Crippen LogP contribution is 2.42. The molecular formula is C25H25N5O2. The van der Waals surface area contributed by atoms with Crippen LogP contribution in [0.2, 0.25) is 0 Å². The van der Waals surface area contributed by atoms with Gasteiger partial charge in [0.15, 0.2) is 0 Å². The summed E-state index contributed by atoms with van der Waals surface area (Å²) in [5, 5.41) is 4.09. The number of nitrogens with zero attached hydrogens (tertiary/aromatic N) is 3. The minimum absolute atomic E-state index is 0.387. The lowest BCUT2D eigenvalue weighted by molar-refractivity contribution is 0.0735. The second-order valence-electron chi connectivity index (χ2n) is 8.24. The first-order chi connectivity index (χ1) is 15.6. The minimum Gasteiger partial charge on any atom is -0.423 e. The van der Waals surface area contributed by atoms with Gasteiger partial charge in [0.2, 0.25) is 0 Å². The topological polar surface area (TPSA) is 95.1 Å². The molecule has 5 rings (SSSR count). The van der Waals surface area contributed by atoms with Gasteiger partial charge in [0.1, 0.15) is 23.5 Å². The second kappa shape index (κ2) is 8.43. The third-order valence-electron chi connectivity index (χ3n) is 6.10. The number of nitrogens with two attached hydrogens (primary N) is 1. The van der Waals surface area contributed by atoms with Crippen LogP contribution in [-0.2, 0) is 0 Å². The number of nitrogens with one attached hydrogen (secondary N) is 1. The van der Waals surface area contributed by atoms with E-state index >= 15 is 0 Å². The lowest BCUT2D eigenvalue weighted by atomic mass is 9.80. The number of carbonyl (C=O) groups excluding carboxylic acids is 1. The summed E-state index contributed by atoms with van der Waals surface area (Å²) in [6.07, 6.45) is 5.82. The number of fused-ring (bicyclic) bond motifs is 1. The maximum Gasteiger partial charge on any atom is 0.343 e. The van der Waals surface area contributed by atoms with Gasteiger partial charge in [-0.05, 0) is 62.2 Å². The number of rotatable bonds is 6. The van der Waals surface area contributed by atoms with Crippen molar-refractivity contribution in [2.75, 3.05) is 19.3 Å². The van der Waals surface area contributed by atoms with Gasteiger partial charge in [-0.15, -0.1) is 0 Å². The SMILES string of the molecule is CNCC1CC(n2cc(-c3cccc(OC(=O)c4ccccc4)c3)c3c(N)ncnc32)C1. The van der Waals surface area contributed by atoms with E-state index in [-0.39, 0.29) is 0 Å². The molecule has 1 aliphatic rings. The first kappa shape index (κ1) is 20.2. The Morgan fingerprint density at radius 2 is 1.97 bits per heavy atom. The van der Waals surface area contributed by atoms with Crippen LogP contribution >= 0.6 is 0 Å². The number of hydrogen-bond acceptors (Lipinski definition) is 6. The normalized spacial score (nSPS) is 17.8. The van der Waals surface area contributed by atoms with Crippen molar-refractivity contribution < 1.29 is 9.53 Å². The van der Waals surface area contributed by atoms with Crippen molar-refractivity contribution >= 4 is 22.8 Å². The van der Waals surface area contributed by atoms with Crippen molar-refractivity contribution in [1.29, 1.82) is 0 Å². The molecular weight excluding hydrogens is 402 g/mol. The van der Waals surface area contributed by atoms with E-state index in [4.69, 9.17) is 10.5 Å². The lowest BCUT2D eigenvalue weighted by Crippen LogP contribution is -2.33. The number of nitrogen functional groups attached to an aromatic ring is 1. The predicted molar refractivity (Wildman–Crippen MR) is 124 cm³/mol. The van der Waals surface area contributed by atoms with Crippen LogP contribution in [-0.4, -0.2) is 34.1 Å². The largest absolute Gasteiger partial charge is 0.423 e. The van der Waals surface area contributed by atoms with Crippen LogP contribution in [0.5, 0.6) is 5.75 Å². The minimum atomic E-state index is -0.391. The molecule has 1 fully saturated rings. The van der Waals surface area contributed by atoms with E-state index in [9.17, 15) is 4.79 Å². The van der Waals surface area contributed by atoms with Crippen LogP contribution in [0.15, 0.2) is 67.1 Å². The average molecular weight is 428 g/mol. The van der Waals surface area contributed by atoms with Crippen molar-refractivity contribution in [2.24, 2.45) is 5.92 Å². The molecule has 0 unspecified atom stereocenters. The zero-order valence-corrected chi connectivity index (χ0v) is 17.9. The molecule has 32 heavy (non-hydrogen) atoms. The Hall–Kier alpha value is -3.71. The fraction of sp³-hybridized carbons (Fsp3) is 0.240. The monoisotopic (exact) mass is 427 g/mol.